The van der Waals surface area contributed by atoms with Crippen LogP contribution in [0.4, 0.5) is 0 Å². The van der Waals surface area contributed by atoms with Gasteiger partial charge in [0, 0.05) is 0 Å². The van der Waals surface area contributed by atoms with Crippen LogP contribution in [0.5, 0.6) is 5.75 Å². The van der Waals surface area contributed by atoms with Crippen LogP contribution < -0.4 is 9.46 Å². The van der Waals surface area contributed by atoms with E-state index in [-0.39, 0.29) is 5.75 Å². The minimum atomic E-state index is -3.27. The summed E-state index contributed by atoms with van der Waals surface area (Å²) in [6, 6.07) is 7.88. The van der Waals surface area contributed by atoms with Gasteiger partial charge in [0.2, 0.25) is 10.0 Å². The number of sulfonamides is 1. The molecule has 0 spiro atoms. The third kappa shape index (κ3) is 4.58. The van der Waals surface area contributed by atoms with Crippen LogP contribution in [0.25, 0.3) is 0 Å². The molecule has 126 valence electrons. The van der Waals surface area contributed by atoms with Gasteiger partial charge in [-0.2, -0.15) is 0 Å². The number of nitrogens with one attached hydrogen (secondary N) is 1. The van der Waals surface area contributed by atoms with E-state index in [2.05, 4.69) is 4.72 Å². The second-order valence-electron chi connectivity index (χ2n) is 6.64. The van der Waals surface area contributed by atoms with E-state index < -0.39 is 15.6 Å². The Balaban J connectivity index is 1.66. The van der Waals surface area contributed by atoms with Crippen molar-refractivity contribution in [2.24, 2.45) is 5.92 Å². The quantitative estimate of drug-likeness (QED) is 0.704. The van der Waals surface area contributed by atoms with Crippen LogP contribution in [0.2, 0.25) is 0 Å². The van der Waals surface area contributed by atoms with Crippen molar-refractivity contribution in [3.8, 4) is 5.75 Å². The van der Waals surface area contributed by atoms with Crippen LogP contribution in [-0.4, -0.2) is 20.8 Å². The van der Waals surface area contributed by atoms with Gasteiger partial charge in [-0.1, -0.05) is 24.3 Å². The van der Waals surface area contributed by atoms with Crippen molar-refractivity contribution in [2.75, 3.05) is 12.4 Å². The Morgan fingerprint density at radius 1 is 1.35 bits per heavy atom. The summed E-state index contributed by atoms with van der Waals surface area (Å²) in [6.45, 7) is 2.67. The van der Waals surface area contributed by atoms with Crippen molar-refractivity contribution in [1.29, 1.82) is 0 Å². The second-order valence-corrected chi connectivity index (χ2v) is 8.48. The van der Waals surface area contributed by atoms with E-state index in [1.54, 1.807) is 0 Å². The van der Waals surface area contributed by atoms with Gasteiger partial charge in [0.25, 0.3) is 0 Å². The molecule has 0 atom stereocenters. The van der Waals surface area contributed by atoms with E-state index in [0.717, 1.165) is 30.8 Å². The Morgan fingerprint density at radius 2 is 2.13 bits per heavy atom. The monoisotopic (exact) mass is 335 g/mol. The number of allylic oxidation sites excluding steroid dienone is 2. The molecule has 3 rings (SSSR count). The number of benzene rings is 1. The molecule has 2 saturated carbocycles. The number of hydrogen-bond acceptors (Lipinski definition) is 3. The maximum Gasteiger partial charge on any atom is 0.212 e. The molecule has 0 amide bonds. The molecule has 1 aromatic rings. The van der Waals surface area contributed by atoms with Crippen LogP contribution in [0.3, 0.4) is 0 Å². The summed E-state index contributed by atoms with van der Waals surface area (Å²) in [7, 11) is -3.27. The Labute approximate surface area is 139 Å². The lowest BCUT2D eigenvalue weighted by atomic mass is 10.1. The molecule has 4 nitrogen and oxygen atoms in total. The van der Waals surface area contributed by atoms with Gasteiger partial charge in [-0.15, -0.1) is 0 Å². The minimum Gasteiger partial charge on any atom is -0.493 e. The van der Waals surface area contributed by atoms with Gasteiger partial charge in [0.1, 0.15) is 5.75 Å². The topological polar surface area (TPSA) is 55.4 Å². The number of ether oxygens (including phenoxy) is 1. The minimum absolute atomic E-state index is 0.136. The molecule has 0 aliphatic heterocycles. The van der Waals surface area contributed by atoms with E-state index in [4.69, 9.17) is 4.74 Å². The summed E-state index contributed by atoms with van der Waals surface area (Å²) < 4.78 is 33.3. The summed E-state index contributed by atoms with van der Waals surface area (Å²) in [5, 5.41) is 0. The third-order valence-corrected chi connectivity index (χ3v) is 5.93. The van der Waals surface area contributed by atoms with Crippen molar-refractivity contribution in [3.63, 3.8) is 0 Å². The number of rotatable bonds is 9. The largest absolute Gasteiger partial charge is 0.493 e. The Morgan fingerprint density at radius 3 is 2.78 bits per heavy atom. The van der Waals surface area contributed by atoms with E-state index in [0.29, 0.717) is 12.3 Å². The zero-order valence-corrected chi connectivity index (χ0v) is 14.4. The molecule has 1 aromatic carbocycles. The number of hydrogen-bond donors (Lipinski definition) is 1. The van der Waals surface area contributed by atoms with Gasteiger partial charge in [-0.25, -0.2) is 13.1 Å². The Bertz CT molecular complexity index is 673. The van der Waals surface area contributed by atoms with Gasteiger partial charge in [-0.3, -0.25) is 0 Å². The molecule has 2 fully saturated rings. The Hall–Kier alpha value is -1.33. The summed E-state index contributed by atoms with van der Waals surface area (Å²) in [5.74, 6) is 1.68. The summed E-state index contributed by atoms with van der Waals surface area (Å²) in [4.78, 5) is 0. The van der Waals surface area contributed by atoms with Crippen LogP contribution in [0, 0.1) is 5.92 Å². The van der Waals surface area contributed by atoms with Crippen LogP contribution >= 0.6 is 0 Å². The van der Waals surface area contributed by atoms with Crippen LogP contribution in [0.1, 0.15) is 44.6 Å². The predicted octanol–water partition coefficient (Wildman–Crippen LogP) is 3.35. The maximum atomic E-state index is 12.3. The molecule has 23 heavy (non-hydrogen) atoms. The smallest absolute Gasteiger partial charge is 0.212 e. The van der Waals surface area contributed by atoms with Gasteiger partial charge < -0.3 is 4.74 Å². The van der Waals surface area contributed by atoms with E-state index in [9.17, 15) is 8.42 Å². The van der Waals surface area contributed by atoms with Crippen molar-refractivity contribution in [1.82, 2.24) is 4.72 Å². The molecular formula is C18H25NO3S. The molecular weight excluding hydrogens is 310 g/mol. The Kier molecular flexibility index (Phi) is 4.78. The van der Waals surface area contributed by atoms with E-state index in [1.807, 2.05) is 43.3 Å². The van der Waals surface area contributed by atoms with Crippen molar-refractivity contribution < 1.29 is 13.2 Å². The first-order valence-corrected chi connectivity index (χ1v) is 10.0. The molecule has 5 heteroatoms. The third-order valence-electron chi connectivity index (χ3n) is 4.46. The molecule has 0 bridgehead atoms. The highest BCUT2D eigenvalue weighted by Crippen LogP contribution is 2.47. The fraction of sp³-hybridized carbons (Fsp3) is 0.556. The fourth-order valence-corrected chi connectivity index (χ4v) is 4.16. The second kappa shape index (κ2) is 6.65. The highest BCUT2D eigenvalue weighted by Gasteiger charge is 2.47. The highest BCUT2D eigenvalue weighted by atomic mass is 32.2. The van der Waals surface area contributed by atoms with Crippen molar-refractivity contribution >= 4 is 10.0 Å². The van der Waals surface area contributed by atoms with Gasteiger partial charge in [0.15, 0.2) is 0 Å². The molecule has 2 aliphatic carbocycles. The maximum absolute atomic E-state index is 12.3. The van der Waals surface area contributed by atoms with Crippen molar-refractivity contribution in [2.45, 2.75) is 44.6 Å². The lowest BCUT2D eigenvalue weighted by Crippen LogP contribution is -2.36. The predicted molar refractivity (Wildman–Crippen MR) is 91.9 cm³/mol. The first kappa shape index (κ1) is 16.5. The van der Waals surface area contributed by atoms with Gasteiger partial charge >= 0.3 is 0 Å². The first-order valence-electron chi connectivity index (χ1n) is 8.39. The summed E-state index contributed by atoms with van der Waals surface area (Å²) >= 11 is 0. The zero-order chi connectivity index (χ0) is 16.3. The van der Waals surface area contributed by atoms with Gasteiger partial charge in [0.05, 0.1) is 17.9 Å². The average molecular weight is 335 g/mol. The first-order chi connectivity index (χ1) is 11.0. The van der Waals surface area contributed by atoms with Crippen LogP contribution in [-0.2, 0) is 15.6 Å². The van der Waals surface area contributed by atoms with E-state index in [1.165, 1.54) is 12.8 Å². The van der Waals surface area contributed by atoms with Crippen molar-refractivity contribution in [3.05, 3.63) is 42.0 Å². The highest BCUT2D eigenvalue weighted by molar-refractivity contribution is 7.89. The zero-order valence-electron chi connectivity index (χ0n) is 13.6. The molecule has 0 saturated heterocycles. The van der Waals surface area contributed by atoms with E-state index >= 15 is 0 Å². The molecule has 1 N–H and O–H groups in total. The average Bonchev–Trinajstić information content (AvgIpc) is 3.41. The molecule has 0 aromatic heterocycles. The molecule has 0 radical (unpaired) electrons. The molecule has 0 heterocycles. The lowest BCUT2D eigenvalue weighted by Gasteiger charge is -2.19. The lowest BCUT2D eigenvalue weighted by molar-refractivity contribution is 0.299. The normalized spacial score (nSPS) is 19.9. The molecule has 2 aliphatic rings. The standard InChI is InChI=1S/C18H25NO3S/c1-2-3-4-12-23(20,21)19-18(10-11-18)16-6-5-7-17(13-16)22-14-15-8-9-15/h2-3,5-7,13,15,19H,4,8-12,14H2,1H3/b3-2+. The fourth-order valence-electron chi connectivity index (χ4n) is 2.70. The SMILES string of the molecule is C/C=C/CCS(=O)(=O)NC1(c2cccc(OCC3CC3)c2)CC1. The molecule has 0 unspecified atom stereocenters. The summed E-state index contributed by atoms with van der Waals surface area (Å²) in [5.41, 5.74) is 0.591. The van der Waals surface area contributed by atoms with Gasteiger partial charge in [-0.05, 0) is 62.6 Å². The van der Waals surface area contributed by atoms with Crippen LogP contribution in [0.15, 0.2) is 36.4 Å². The summed E-state index contributed by atoms with van der Waals surface area (Å²) in [6.07, 6.45) is 8.52.